The number of nitrogens with zero attached hydrogens (tertiary/aromatic N) is 3. The second kappa shape index (κ2) is 5.75. The highest BCUT2D eigenvalue weighted by Gasteiger charge is 2.29. The lowest BCUT2D eigenvalue weighted by atomic mass is 10.1. The summed E-state index contributed by atoms with van der Waals surface area (Å²) in [5.74, 6) is 0.348. The second-order valence-corrected chi connectivity index (χ2v) is 6.27. The normalized spacial score (nSPS) is 19.4. The molecule has 2 N–H and O–H groups in total. The zero-order chi connectivity index (χ0) is 15.6. The molecule has 1 aliphatic heterocycles. The first-order valence-corrected chi connectivity index (χ1v) is 7.08. The van der Waals surface area contributed by atoms with Crippen molar-refractivity contribution < 1.29 is 14.3 Å². The quantitative estimate of drug-likeness (QED) is 0.841. The van der Waals surface area contributed by atoms with Gasteiger partial charge in [0, 0.05) is 13.1 Å². The molecule has 1 atom stereocenters. The monoisotopic (exact) mass is 294 g/mol. The van der Waals surface area contributed by atoms with Crippen molar-refractivity contribution in [2.24, 2.45) is 0 Å². The van der Waals surface area contributed by atoms with Gasteiger partial charge in [0.05, 0.1) is 17.8 Å². The van der Waals surface area contributed by atoms with Gasteiger partial charge in [0.25, 0.3) is 0 Å². The molecule has 7 nitrogen and oxygen atoms in total. The van der Waals surface area contributed by atoms with E-state index < -0.39 is 5.60 Å². The molecule has 0 spiro atoms. The van der Waals surface area contributed by atoms with Gasteiger partial charge in [-0.25, -0.2) is 9.48 Å². The number of rotatable bonds is 2. The van der Waals surface area contributed by atoms with E-state index in [-0.39, 0.29) is 12.1 Å². The number of piperidine rings is 1. The molecule has 1 saturated heterocycles. The maximum Gasteiger partial charge on any atom is 0.410 e. The van der Waals surface area contributed by atoms with E-state index in [0.717, 1.165) is 12.8 Å². The van der Waals surface area contributed by atoms with Gasteiger partial charge in [0.1, 0.15) is 11.4 Å². The third kappa shape index (κ3) is 3.53. The number of carbonyl (C=O) groups is 2. The number of amides is 1. The van der Waals surface area contributed by atoms with Crippen LogP contribution in [0.15, 0.2) is 6.20 Å². The molecular weight excluding hydrogens is 272 g/mol. The molecule has 1 unspecified atom stereocenters. The summed E-state index contributed by atoms with van der Waals surface area (Å²) >= 11 is 0. The maximum absolute atomic E-state index is 12.1. The first-order chi connectivity index (χ1) is 9.81. The van der Waals surface area contributed by atoms with Gasteiger partial charge < -0.3 is 15.4 Å². The predicted molar refractivity (Wildman–Crippen MR) is 78.1 cm³/mol. The lowest BCUT2D eigenvalue weighted by Crippen LogP contribution is -2.43. The van der Waals surface area contributed by atoms with Crippen LogP contribution in [-0.4, -0.2) is 45.8 Å². The minimum absolute atomic E-state index is 0.0278. The third-order valence-electron chi connectivity index (χ3n) is 3.38. The van der Waals surface area contributed by atoms with Gasteiger partial charge in [-0.1, -0.05) is 0 Å². The van der Waals surface area contributed by atoms with E-state index >= 15 is 0 Å². The highest BCUT2D eigenvalue weighted by atomic mass is 16.6. The number of aldehydes is 1. The van der Waals surface area contributed by atoms with Crippen LogP contribution >= 0.6 is 0 Å². The van der Waals surface area contributed by atoms with Crippen molar-refractivity contribution in [2.45, 2.75) is 45.3 Å². The van der Waals surface area contributed by atoms with Gasteiger partial charge in [0.15, 0.2) is 6.29 Å². The van der Waals surface area contributed by atoms with Gasteiger partial charge in [-0.15, -0.1) is 0 Å². The van der Waals surface area contributed by atoms with E-state index in [1.54, 1.807) is 9.58 Å². The van der Waals surface area contributed by atoms with Crippen LogP contribution in [-0.2, 0) is 4.74 Å². The Bertz CT molecular complexity index is 533. The molecule has 1 aromatic heterocycles. The van der Waals surface area contributed by atoms with E-state index in [9.17, 15) is 9.59 Å². The molecule has 0 bridgehead atoms. The minimum Gasteiger partial charge on any atom is -0.444 e. The zero-order valence-electron chi connectivity index (χ0n) is 12.7. The first-order valence-electron chi connectivity index (χ1n) is 7.08. The van der Waals surface area contributed by atoms with Crippen LogP contribution < -0.4 is 5.73 Å². The lowest BCUT2D eigenvalue weighted by molar-refractivity contribution is 0.0168. The maximum atomic E-state index is 12.1. The summed E-state index contributed by atoms with van der Waals surface area (Å²) in [5.41, 5.74) is 5.77. The molecule has 21 heavy (non-hydrogen) atoms. The largest absolute Gasteiger partial charge is 0.444 e. The Labute approximate surface area is 124 Å². The van der Waals surface area contributed by atoms with Crippen LogP contribution in [0.3, 0.4) is 0 Å². The summed E-state index contributed by atoms with van der Waals surface area (Å²) in [6.07, 6.45) is 3.53. The van der Waals surface area contributed by atoms with Crippen molar-refractivity contribution in [3.8, 4) is 0 Å². The third-order valence-corrected chi connectivity index (χ3v) is 3.38. The highest BCUT2D eigenvalue weighted by Crippen LogP contribution is 2.25. The number of ether oxygens (including phenoxy) is 1. The van der Waals surface area contributed by atoms with Crippen molar-refractivity contribution in [2.75, 3.05) is 18.8 Å². The molecule has 116 valence electrons. The van der Waals surface area contributed by atoms with Crippen molar-refractivity contribution in [3.63, 3.8) is 0 Å². The molecule has 2 heterocycles. The number of aromatic nitrogens is 2. The standard InChI is InChI=1S/C14H22N4O3/c1-14(2,3)21-13(20)17-6-4-5-11(8-17)18-12(15)10(9-19)7-16-18/h7,9,11H,4-6,8,15H2,1-3H3. The SMILES string of the molecule is CC(C)(C)OC(=O)N1CCCC(n2ncc(C=O)c2N)C1. The van der Waals surface area contributed by atoms with Crippen LogP contribution in [0.4, 0.5) is 10.6 Å². The van der Waals surface area contributed by atoms with E-state index in [1.807, 2.05) is 20.8 Å². The molecule has 1 amide bonds. The smallest absolute Gasteiger partial charge is 0.410 e. The van der Waals surface area contributed by atoms with Gasteiger partial charge in [0.2, 0.25) is 0 Å². The summed E-state index contributed by atoms with van der Waals surface area (Å²) < 4.78 is 7.01. The number of carbonyl (C=O) groups excluding carboxylic acids is 2. The predicted octanol–water partition coefficient (Wildman–Crippen LogP) is 1.85. The summed E-state index contributed by atoms with van der Waals surface area (Å²) in [6, 6.07) is -0.0278. The summed E-state index contributed by atoms with van der Waals surface area (Å²) in [4.78, 5) is 24.6. The van der Waals surface area contributed by atoms with Crippen molar-refractivity contribution in [3.05, 3.63) is 11.8 Å². The van der Waals surface area contributed by atoms with Crippen LogP contribution in [0.1, 0.15) is 50.0 Å². The summed E-state index contributed by atoms with van der Waals surface area (Å²) in [6.45, 7) is 6.67. The topological polar surface area (TPSA) is 90.5 Å². The molecule has 0 aromatic carbocycles. The molecule has 2 rings (SSSR count). The highest BCUT2D eigenvalue weighted by molar-refractivity contribution is 5.81. The van der Waals surface area contributed by atoms with Crippen molar-refractivity contribution in [1.29, 1.82) is 0 Å². The molecule has 1 fully saturated rings. The Hall–Kier alpha value is -2.05. The first kappa shape index (κ1) is 15.3. The van der Waals surface area contributed by atoms with Gasteiger partial charge in [-0.05, 0) is 33.6 Å². The summed E-state index contributed by atoms with van der Waals surface area (Å²) in [5, 5.41) is 4.16. The number of hydrogen-bond donors (Lipinski definition) is 1. The average molecular weight is 294 g/mol. The van der Waals surface area contributed by atoms with Crippen LogP contribution in [0, 0.1) is 0 Å². The molecule has 1 aliphatic rings. The Kier molecular flexibility index (Phi) is 4.20. The zero-order valence-corrected chi connectivity index (χ0v) is 12.7. The van der Waals surface area contributed by atoms with Gasteiger partial charge in [-0.2, -0.15) is 5.10 Å². The Morgan fingerprint density at radius 1 is 1.52 bits per heavy atom. The minimum atomic E-state index is -0.514. The number of hydrogen-bond acceptors (Lipinski definition) is 5. The Morgan fingerprint density at radius 2 is 2.24 bits per heavy atom. The molecule has 1 aromatic rings. The molecule has 7 heteroatoms. The number of likely N-dealkylation sites (tertiary alicyclic amines) is 1. The van der Waals surface area contributed by atoms with Crippen LogP contribution in [0.25, 0.3) is 0 Å². The van der Waals surface area contributed by atoms with Gasteiger partial charge >= 0.3 is 6.09 Å². The molecular formula is C14H22N4O3. The molecule has 0 radical (unpaired) electrons. The van der Waals surface area contributed by atoms with Crippen molar-refractivity contribution >= 4 is 18.2 Å². The number of nitrogen functional groups attached to an aromatic ring is 1. The van der Waals surface area contributed by atoms with E-state index in [1.165, 1.54) is 6.20 Å². The van der Waals surface area contributed by atoms with Crippen LogP contribution in [0.5, 0.6) is 0 Å². The number of nitrogens with two attached hydrogens (primary N) is 1. The van der Waals surface area contributed by atoms with E-state index in [4.69, 9.17) is 10.5 Å². The Balaban J connectivity index is 2.08. The fraction of sp³-hybridized carbons (Fsp3) is 0.643. The molecule has 0 aliphatic carbocycles. The van der Waals surface area contributed by atoms with Crippen LogP contribution in [0.2, 0.25) is 0 Å². The summed E-state index contributed by atoms with van der Waals surface area (Å²) in [7, 11) is 0. The van der Waals surface area contributed by atoms with E-state index in [0.29, 0.717) is 30.8 Å². The fourth-order valence-corrected chi connectivity index (χ4v) is 2.41. The fourth-order valence-electron chi connectivity index (χ4n) is 2.41. The van der Waals surface area contributed by atoms with Gasteiger partial charge in [-0.3, -0.25) is 4.79 Å². The molecule has 0 saturated carbocycles. The Morgan fingerprint density at radius 3 is 2.81 bits per heavy atom. The van der Waals surface area contributed by atoms with E-state index in [2.05, 4.69) is 5.10 Å². The lowest BCUT2D eigenvalue weighted by Gasteiger charge is -2.34. The second-order valence-electron chi connectivity index (χ2n) is 6.27. The number of anilines is 1. The average Bonchev–Trinajstić information content (AvgIpc) is 2.78. The van der Waals surface area contributed by atoms with Crippen molar-refractivity contribution in [1.82, 2.24) is 14.7 Å².